The highest BCUT2D eigenvalue weighted by Gasteiger charge is 2.65. The average Bonchev–Trinajstić information content (AvgIpc) is 1.58. The Bertz CT molecular complexity index is 3540. The smallest absolute Gasteiger partial charge is 0.240 e. The first-order valence-electron chi connectivity index (χ1n) is 30.8. The van der Waals surface area contributed by atoms with E-state index in [1.807, 2.05) is 188 Å². The van der Waals surface area contributed by atoms with Crippen LogP contribution in [-0.2, 0) is 71.9 Å². The molecule has 8 aromatic rings. The Hall–Kier alpha value is -7.31. The van der Waals surface area contributed by atoms with Crippen molar-refractivity contribution >= 4 is 31.8 Å². The van der Waals surface area contributed by atoms with Gasteiger partial charge in [-0.1, -0.05) is 160 Å². The standard InChI is InChI=1S/C73H80N2O11S3/c1-72(2)61-31-33-73(72,71(76)41-61)52-88(77,78)74-69-25-15-16-26-70(69)75-89(79,80)68-29-27-53(28-30-68)32-34-87-51-60-39-66(85-49-58-35-62(81-45-54-17-7-3-8-18-54)42-63(36-58)82-46-55-19-9-4-10-20-55)44-67(40-60)86-50-59-37-64(83-47-56-21-11-5-12-22-56)43-65(38-59)84-48-57-23-13-6-14-24-57/h3-14,17-24,27-30,35-40,42-44,61,69-71,74-76H,15-16,25-26,31-34,41,45-52H2,1-2H3/t61-,69-,70-,71?,73-/m1/s1. The molecule has 11 rings (SSSR count). The first-order valence-corrected chi connectivity index (χ1v) is 35.1. The Morgan fingerprint density at radius 2 is 0.843 bits per heavy atom. The van der Waals surface area contributed by atoms with Crippen LogP contribution >= 0.6 is 11.8 Å². The van der Waals surface area contributed by atoms with Gasteiger partial charge in [-0.2, -0.15) is 11.8 Å². The molecule has 13 nitrogen and oxygen atoms in total. The average molecular weight is 1260 g/mol. The summed E-state index contributed by atoms with van der Waals surface area (Å²) in [5.41, 5.74) is 6.86. The number of thioether (sulfide) groups is 1. The van der Waals surface area contributed by atoms with Crippen LogP contribution in [0.2, 0.25) is 0 Å². The third kappa shape index (κ3) is 16.9. The van der Waals surface area contributed by atoms with Crippen molar-refractivity contribution in [3.05, 3.63) is 245 Å². The lowest BCUT2D eigenvalue weighted by Gasteiger charge is -2.41. The maximum atomic E-state index is 14.0. The molecule has 16 heteroatoms. The maximum Gasteiger partial charge on any atom is 0.240 e. The number of aliphatic hydroxyl groups excluding tert-OH is 1. The summed E-state index contributed by atoms with van der Waals surface area (Å²) in [7, 11) is -7.83. The number of hydrogen-bond donors (Lipinski definition) is 3. The number of ether oxygens (including phenoxy) is 6. The summed E-state index contributed by atoms with van der Waals surface area (Å²) in [5.74, 6) is 5.38. The number of fused-ring (bicyclic) bond motifs is 2. The highest BCUT2D eigenvalue weighted by Crippen LogP contribution is 2.66. The van der Waals surface area contributed by atoms with Crippen molar-refractivity contribution < 1.29 is 50.4 Å². The van der Waals surface area contributed by atoms with Gasteiger partial charge in [0.05, 0.1) is 16.8 Å². The molecule has 8 aromatic carbocycles. The Labute approximate surface area is 529 Å². The van der Waals surface area contributed by atoms with Crippen molar-refractivity contribution in [1.82, 2.24) is 9.44 Å². The van der Waals surface area contributed by atoms with Crippen LogP contribution in [-0.4, -0.2) is 51.6 Å². The molecule has 0 radical (unpaired) electrons. The summed E-state index contributed by atoms with van der Waals surface area (Å²) in [4.78, 5) is 0.127. The lowest BCUT2D eigenvalue weighted by atomic mass is 9.70. The van der Waals surface area contributed by atoms with E-state index in [1.165, 1.54) is 0 Å². The van der Waals surface area contributed by atoms with E-state index in [9.17, 15) is 21.9 Å². The molecule has 0 heterocycles. The van der Waals surface area contributed by atoms with Gasteiger partial charge in [-0.05, 0) is 149 Å². The molecule has 89 heavy (non-hydrogen) atoms. The molecule has 3 fully saturated rings. The Balaban J connectivity index is 0.766. The summed E-state index contributed by atoms with van der Waals surface area (Å²) >= 11 is 1.74. The lowest BCUT2D eigenvalue weighted by molar-refractivity contribution is 0.0151. The SMILES string of the molecule is CC1(C)[C@@H]2CC[C@@]1(CS(=O)(=O)N[C@@H]1CCCC[C@H]1NS(=O)(=O)c1ccc(CCSCc3cc(OCc4cc(OCc5ccccc5)cc(OCc5ccccc5)c4)cc(OCc4cc(OCc5ccccc5)cc(OCc5ccccc5)c4)c3)cc1)C(O)C2. The number of sulfonamides is 2. The van der Waals surface area contributed by atoms with Crippen LogP contribution in [0.5, 0.6) is 34.5 Å². The summed E-state index contributed by atoms with van der Waals surface area (Å²) in [6.07, 6.45) is 4.81. The van der Waals surface area contributed by atoms with Gasteiger partial charge in [0.15, 0.2) is 0 Å². The minimum absolute atomic E-state index is 0.127. The minimum Gasteiger partial charge on any atom is -0.489 e. The molecule has 0 aromatic heterocycles. The highest BCUT2D eigenvalue weighted by atomic mass is 32.2. The fraction of sp³-hybridized carbons (Fsp3) is 0.342. The maximum absolute atomic E-state index is 14.0. The van der Waals surface area contributed by atoms with Crippen molar-refractivity contribution in [3.63, 3.8) is 0 Å². The van der Waals surface area contributed by atoms with E-state index in [0.29, 0.717) is 98.8 Å². The zero-order chi connectivity index (χ0) is 61.7. The molecule has 3 aliphatic rings. The summed E-state index contributed by atoms with van der Waals surface area (Å²) in [6, 6.07) is 63.6. The number of aliphatic hydroxyl groups is 1. The molecule has 0 saturated heterocycles. The van der Waals surface area contributed by atoms with E-state index in [1.54, 1.807) is 23.9 Å². The molecule has 466 valence electrons. The van der Waals surface area contributed by atoms with E-state index in [2.05, 4.69) is 23.3 Å². The van der Waals surface area contributed by atoms with Crippen molar-refractivity contribution in [2.75, 3.05) is 11.5 Å². The van der Waals surface area contributed by atoms with E-state index in [0.717, 1.165) is 69.5 Å². The van der Waals surface area contributed by atoms with Crippen LogP contribution in [0.15, 0.2) is 205 Å². The van der Waals surface area contributed by atoms with Crippen LogP contribution < -0.4 is 37.9 Å². The van der Waals surface area contributed by atoms with E-state index in [4.69, 9.17) is 28.4 Å². The van der Waals surface area contributed by atoms with Crippen LogP contribution in [0.1, 0.15) is 103 Å². The molecule has 0 amide bonds. The van der Waals surface area contributed by atoms with E-state index >= 15 is 0 Å². The second-order valence-corrected chi connectivity index (χ2v) is 29.0. The van der Waals surface area contributed by atoms with E-state index < -0.39 is 43.6 Å². The summed E-state index contributed by atoms with van der Waals surface area (Å²) in [6.45, 7) is 6.16. The normalized spacial score (nSPS) is 19.5. The number of aryl methyl sites for hydroxylation is 1. The molecule has 5 atom stereocenters. The van der Waals surface area contributed by atoms with Crippen LogP contribution in [0.25, 0.3) is 0 Å². The zero-order valence-electron chi connectivity index (χ0n) is 50.6. The highest BCUT2D eigenvalue weighted by molar-refractivity contribution is 7.98. The molecule has 0 spiro atoms. The van der Waals surface area contributed by atoms with E-state index in [-0.39, 0.29) is 35.2 Å². The Morgan fingerprint density at radius 1 is 0.461 bits per heavy atom. The number of rotatable bonds is 30. The van der Waals surface area contributed by atoms with Crippen LogP contribution in [0, 0.1) is 16.7 Å². The largest absolute Gasteiger partial charge is 0.489 e. The third-order valence-electron chi connectivity index (χ3n) is 17.9. The molecule has 2 bridgehead atoms. The monoisotopic (exact) mass is 1260 g/mol. The number of hydrogen-bond acceptors (Lipinski definition) is 12. The Morgan fingerprint density at radius 3 is 1.22 bits per heavy atom. The van der Waals surface area contributed by atoms with Gasteiger partial charge in [-0.25, -0.2) is 26.3 Å². The minimum atomic E-state index is -3.98. The lowest BCUT2D eigenvalue weighted by Crippen LogP contribution is -2.55. The first-order chi connectivity index (χ1) is 43.1. The molecule has 1 unspecified atom stereocenters. The molecular formula is C73H80N2O11S3. The van der Waals surface area contributed by atoms with Crippen molar-refractivity contribution in [2.45, 2.75) is 134 Å². The van der Waals surface area contributed by atoms with Gasteiger partial charge in [0, 0.05) is 41.5 Å². The predicted molar refractivity (Wildman–Crippen MR) is 350 cm³/mol. The zero-order valence-corrected chi connectivity index (χ0v) is 53.1. The second kappa shape index (κ2) is 29.1. The van der Waals surface area contributed by atoms with Gasteiger partial charge in [-0.15, -0.1) is 0 Å². The van der Waals surface area contributed by atoms with Crippen molar-refractivity contribution in [1.29, 1.82) is 0 Å². The second-order valence-electron chi connectivity index (χ2n) is 24.4. The quantitative estimate of drug-likeness (QED) is 0.0365. The van der Waals surface area contributed by atoms with Gasteiger partial charge in [0.1, 0.15) is 74.1 Å². The molecule has 3 aliphatic carbocycles. The molecule has 0 aliphatic heterocycles. The fourth-order valence-corrected chi connectivity index (χ4v) is 17.3. The topological polar surface area (TPSA) is 168 Å². The summed E-state index contributed by atoms with van der Waals surface area (Å²) < 4.78 is 100. The van der Waals surface area contributed by atoms with Gasteiger partial charge < -0.3 is 33.5 Å². The third-order valence-corrected chi connectivity index (χ3v) is 22.0. The van der Waals surface area contributed by atoms with Crippen molar-refractivity contribution in [2.24, 2.45) is 16.7 Å². The van der Waals surface area contributed by atoms with Crippen LogP contribution in [0.4, 0.5) is 0 Å². The number of benzene rings is 8. The van der Waals surface area contributed by atoms with Gasteiger partial charge in [0.25, 0.3) is 0 Å². The Kier molecular flexibility index (Phi) is 20.7. The van der Waals surface area contributed by atoms with Crippen LogP contribution in [0.3, 0.4) is 0 Å². The number of nitrogens with one attached hydrogen (secondary N) is 2. The van der Waals surface area contributed by atoms with Gasteiger partial charge in [-0.3, -0.25) is 0 Å². The van der Waals surface area contributed by atoms with Crippen molar-refractivity contribution in [3.8, 4) is 34.5 Å². The fourth-order valence-electron chi connectivity index (χ4n) is 12.8. The van der Waals surface area contributed by atoms with Gasteiger partial charge in [0.2, 0.25) is 20.0 Å². The molecular weight excluding hydrogens is 1180 g/mol. The molecule has 3 N–H and O–H groups in total. The summed E-state index contributed by atoms with van der Waals surface area (Å²) in [5, 5.41) is 11.1. The van der Waals surface area contributed by atoms with Gasteiger partial charge >= 0.3 is 0 Å². The molecule has 3 saturated carbocycles. The first kappa shape index (κ1) is 63.3. The predicted octanol–water partition coefficient (Wildman–Crippen LogP) is 14.3.